The van der Waals surface area contributed by atoms with Gasteiger partial charge < -0.3 is 4.18 Å². The smallest absolute Gasteiger partial charge is 0.339 e. The predicted molar refractivity (Wildman–Crippen MR) is 104 cm³/mol. The first-order valence-corrected chi connectivity index (χ1v) is 9.75. The lowest BCUT2D eigenvalue weighted by Crippen LogP contribution is -2.09. The van der Waals surface area contributed by atoms with Crippen LogP contribution < -0.4 is 4.18 Å². The Morgan fingerprint density at radius 3 is 2.37 bits per heavy atom. The molecule has 4 rings (SSSR count). The van der Waals surface area contributed by atoms with E-state index in [4.69, 9.17) is 4.18 Å². The summed E-state index contributed by atoms with van der Waals surface area (Å²) in [5, 5.41) is 0. The minimum atomic E-state index is -3.90. The summed E-state index contributed by atoms with van der Waals surface area (Å²) in [7, 11) is -3.90. The van der Waals surface area contributed by atoms with Crippen molar-refractivity contribution in [3.05, 3.63) is 84.6 Å². The molecule has 0 amide bonds. The first-order chi connectivity index (χ1) is 13.0. The molecule has 0 bridgehead atoms. The van der Waals surface area contributed by atoms with Gasteiger partial charge in [-0.3, -0.25) is 4.98 Å². The van der Waals surface area contributed by atoms with E-state index in [1.54, 1.807) is 36.5 Å². The summed E-state index contributed by atoms with van der Waals surface area (Å²) >= 11 is 0. The minimum absolute atomic E-state index is 0.115. The Morgan fingerprint density at radius 2 is 1.59 bits per heavy atom. The van der Waals surface area contributed by atoms with Crippen LogP contribution in [-0.2, 0) is 10.1 Å². The number of para-hydroxylation sites is 2. The van der Waals surface area contributed by atoms with E-state index in [0.717, 1.165) is 22.2 Å². The van der Waals surface area contributed by atoms with Gasteiger partial charge in [0.05, 0.1) is 22.9 Å². The van der Waals surface area contributed by atoms with Crippen LogP contribution in [0.1, 0.15) is 5.56 Å². The maximum atomic E-state index is 12.5. The van der Waals surface area contributed by atoms with Gasteiger partial charge in [0.15, 0.2) is 0 Å². The molecule has 0 saturated heterocycles. The van der Waals surface area contributed by atoms with Crippen molar-refractivity contribution in [2.24, 2.45) is 0 Å². The predicted octanol–water partition coefficient (Wildman–Crippen LogP) is 4.37. The van der Waals surface area contributed by atoms with Gasteiger partial charge in [0.25, 0.3) is 0 Å². The second-order valence-corrected chi connectivity index (χ2v) is 7.67. The van der Waals surface area contributed by atoms with Crippen molar-refractivity contribution in [2.45, 2.75) is 11.8 Å². The van der Waals surface area contributed by atoms with Gasteiger partial charge in [0.2, 0.25) is 0 Å². The molecule has 27 heavy (non-hydrogen) atoms. The largest absolute Gasteiger partial charge is 0.379 e. The summed E-state index contributed by atoms with van der Waals surface area (Å²) in [6, 6.07) is 20.9. The third kappa shape index (κ3) is 3.66. The Hall–Kier alpha value is -3.25. The molecule has 4 aromatic rings. The van der Waals surface area contributed by atoms with Crippen LogP contribution in [-0.4, -0.2) is 18.4 Å². The van der Waals surface area contributed by atoms with Crippen LogP contribution in [0.25, 0.3) is 22.3 Å². The highest BCUT2D eigenvalue weighted by Crippen LogP contribution is 2.25. The third-order valence-corrected chi connectivity index (χ3v) is 5.36. The zero-order valence-electron chi connectivity index (χ0n) is 14.5. The summed E-state index contributed by atoms with van der Waals surface area (Å²) in [5.74, 6) is 0.225. The topological polar surface area (TPSA) is 69.2 Å². The normalized spacial score (nSPS) is 11.4. The van der Waals surface area contributed by atoms with Crippen molar-refractivity contribution in [3.8, 4) is 17.0 Å². The molecule has 0 aliphatic carbocycles. The lowest BCUT2D eigenvalue weighted by atomic mass is 10.1. The Balaban J connectivity index is 1.66. The second-order valence-electron chi connectivity index (χ2n) is 6.12. The molecule has 0 saturated carbocycles. The van der Waals surface area contributed by atoms with Crippen LogP contribution in [0.4, 0.5) is 0 Å². The van der Waals surface area contributed by atoms with E-state index in [1.165, 1.54) is 12.1 Å². The lowest BCUT2D eigenvalue weighted by molar-refractivity contribution is 0.486. The van der Waals surface area contributed by atoms with Gasteiger partial charge in [-0.1, -0.05) is 42.0 Å². The number of hydrogen-bond donors (Lipinski definition) is 0. The van der Waals surface area contributed by atoms with Crippen LogP contribution in [0.2, 0.25) is 0 Å². The van der Waals surface area contributed by atoms with Crippen LogP contribution in [0.15, 0.2) is 83.9 Å². The molecule has 0 N–H and O–H groups in total. The Bertz CT molecular complexity index is 1220. The van der Waals surface area contributed by atoms with E-state index in [1.807, 2.05) is 37.3 Å². The molecule has 134 valence electrons. The fourth-order valence-corrected chi connectivity index (χ4v) is 3.61. The third-order valence-electron chi connectivity index (χ3n) is 4.09. The van der Waals surface area contributed by atoms with Crippen LogP contribution in [0.3, 0.4) is 0 Å². The Kier molecular flexibility index (Phi) is 4.33. The summed E-state index contributed by atoms with van der Waals surface area (Å²) < 4.78 is 30.3. The SMILES string of the molecule is Cc1ccc(S(=O)(=O)Oc2cccc(-c3cnc4ccccc4n3)c2)cc1. The molecule has 0 atom stereocenters. The number of aryl methyl sites for hydroxylation is 1. The first-order valence-electron chi connectivity index (χ1n) is 8.35. The minimum Gasteiger partial charge on any atom is -0.379 e. The van der Waals surface area contributed by atoms with E-state index in [2.05, 4.69) is 9.97 Å². The van der Waals surface area contributed by atoms with Gasteiger partial charge in [-0.2, -0.15) is 8.42 Å². The van der Waals surface area contributed by atoms with Crippen molar-refractivity contribution in [1.29, 1.82) is 0 Å². The molecule has 1 aromatic heterocycles. The van der Waals surface area contributed by atoms with E-state index in [-0.39, 0.29) is 10.6 Å². The maximum Gasteiger partial charge on any atom is 0.339 e. The monoisotopic (exact) mass is 376 g/mol. The average Bonchev–Trinajstić information content (AvgIpc) is 2.68. The van der Waals surface area contributed by atoms with Crippen LogP contribution in [0, 0.1) is 6.92 Å². The standard InChI is InChI=1S/C21H16N2O3S/c1-15-9-11-18(12-10-15)27(24,25)26-17-6-4-5-16(13-17)21-14-22-19-7-2-3-8-20(19)23-21/h2-14H,1H3. The van der Waals surface area contributed by atoms with E-state index < -0.39 is 10.1 Å². The molecule has 3 aromatic carbocycles. The Morgan fingerprint density at radius 1 is 0.852 bits per heavy atom. The van der Waals surface area contributed by atoms with E-state index >= 15 is 0 Å². The number of fused-ring (bicyclic) bond motifs is 1. The molecular weight excluding hydrogens is 360 g/mol. The lowest BCUT2D eigenvalue weighted by Gasteiger charge is -2.09. The maximum absolute atomic E-state index is 12.5. The zero-order valence-corrected chi connectivity index (χ0v) is 15.3. The zero-order chi connectivity index (χ0) is 18.9. The molecule has 0 fully saturated rings. The van der Waals surface area contributed by atoms with Gasteiger partial charge in [-0.15, -0.1) is 0 Å². The highest BCUT2D eigenvalue weighted by Gasteiger charge is 2.17. The average molecular weight is 376 g/mol. The molecule has 0 radical (unpaired) electrons. The summed E-state index contributed by atoms with van der Waals surface area (Å²) in [6.07, 6.45) is 1.66. The summed E-state index contributed by atoms with van der Waals surface area (Å²) in [5.41, 5.74) is 3.92. The number of benzene rings is 3. The van der Waals surface area contributed by atoms with Crippen molar-refractivity contribution >= 4 is 21.2 Å². The van der Waals surface area contributed by atoms with Crippen molar-refractivity contribution in [2.75, 3.05) is 0 Å². The molecule has 0 aliphatic rings. The number of hydrogen-bond acceptors (Lipinski definition) is 5. The summed E-state index contributed by atoms with van der Waals surface area (Å²) in [6.45, 7) is 1.89. The highest BCUT2D eigenvalue weighted by atomic mass is 32.2. The molecule has 0 aliphatic heterocycles. The number of rotatable bonds is 4. The quantitative estimate of drug-likeness (QED) is 0.495. The highest BCUT2D eigenvalue weighted by molar-refractivity contribution is 7.87. The number of nitrogens with zero attached hydrogens (tertiary/aromatic N) is 2. The number of aromatic nitrogens is 2. The van der Waals surface area contributed by atoms with Gasteiger partial charge in [-0.25, -0.2) is 4.98 Å². The van der Waals surface area contributed by atoms with Crippen molar-refractivity contribution < 1.29 is 12.6 Å². The fraction of sp³-hybridized carbons (Fsp3) is 0.0476. The van der Waals surface area contributed by atoms with E-state index in [9.17, 15) is 8.42 Å². The fourth-order valence-electron chi connectivity index (χ4n) is 2.68. The van der Waals surface area contributed by atoms with Crippen molar-refractivity contribution in [3.63, 3.8) is 0 Å². The first kappa shape index (κ1) is 17.2. The van der Waals surface area contributed by atoms with Gasteiger partial charge >= 0.3 is 10.1 Å². The van der Waals surface area contributed by atoms with Crippen LogP contribution in [0.5, 0.6) is 5.75 Å². The van der Waals surface area contributed by atoms with Gasteiger partial charge in [0.1, 0.15) is 10.6 Å². The molecular formula is C21H16N2O3S. The van der Waals surface area contributed by atoms with Crippen LogP contribution >= 0.6 is 0 Å². The molecule has 5 nitrogen and oxygen atoms in total. The molecule has 0 unspecified atom stereocenters. The summed E-state index contributed by atoms with van der Waals surface area (Å²) in [4.78, 5) is 9.09. The molecule has 0 spiro atoms. The molecule has 1 heterocycles. The van der Waals surface area contributed by atoms with Crippen molar-refractivity contribution in [1.82, 2.24) is 9.97 Å². The molecule has 6 heteroatoms. The van der Waals surface area contributed by atoms with Gasteiger partial charge in [-0.05, 0) is 43.3 Å². The second kappa shape index (κ2) is 6.81. The Labute approximate surface area is 157 Å². The van der Waals surface area contributed by atoms with E-state index in [0.29, 0.717) is 5.69 Å². The van der Waals surface area contributed by atoms with Gasteiger partial charge in [0, 0.05) is 5.56 Å².